The lowest BCUT2D eigenvalue weighted by Crippen LogP contribution is -2.13. The second-order valence-corrected chi connectivity index (χ2v) is 2.92. The van der Waals surface area contributed by atoms with Crippen molar-refractivity contribution in [1.82, 2.24) is 0 Å². The Morgan fingerprint density at radius 2 is 1.93 bits per heavy atom. The summed E-state index contributed by atoms with van der Waals surface area (Å²) in [6, 6.07) is 7.01. The van der Waals surface area contributed by atoms with E-state index in [0.717, 1.165) is 5.56 Å². The lowest BCUT2D eigenvalue weighted by molar-refractivity contribution is -0.142. The third-order valence-corrected chi connectivity index (χ3v) is 1.76. The van der Waals surface area contributed by atoms with Crippen LogP contribution in [0.1, 0.15) is 5.56 Å². The highest BCUT2D eigenvalue weighted by Gasteiger charge is 2.02. The van der Waals surface area contributed by atoms with Gasteiger partial charge < -0.3 is 4.74 Å². The van der Waals surface area contributed by atoms with E-state index in [1.165, 1.54) is 0 Å². The first kappa shape index (κ1) is 13.2. The Labute approximate surface area is 93.6 Å². The van der Waals surface area contributed by atoms with E-state index in [1.54, 1.807) is 24.3 Å². The summed E-state index contributed by atoms with van der Waals surface area (Å²) in [6.45, 7) is -0.0770. The Bertz CT molecular complexity index is 287. The molecular formula is C9H11Cl2NO2. The number of hydrogen-bond acceptors (Lipinski definition) is 3. The zero-order valence-corrected chi connectivity index (χ0v) is 8.98. The topological polar surface area (TPSA) is 52.3 Å². The van der Waals surface area contributed by atoms with Crippen molar-refractivity contribution in [1.29, 1.82) is 0 Å². The second-order valence-electron chi connectivity index (χ2n) is 2.49. The van der Waals surface area contributed by atoms with Crippen LogP contribution in [0.4, 0.5) is 0 Å². The number of rotatable bonds is 3. The minimum atomic E-state index is -0.329. The fraction of sp³-hybridized carbons (Fsp3) is 0.222. The fourth-order valence-corrected chi connectivity index (χ4v) is 1.04. The maximum Gasteiger partial charge on any atom is 0.311 e. The molecule has 0 aliphatic carbocycles. The van der Waals surface area contributed by atoms with Gasteiger partial charge in [0.1, 0.15) is 6.73 Å². The maximum absolute atomic E-state index is 11.0. The summed E-state index contributed by atoms with van der Waals surface area (Å²) in [4.78, 5) is 11.0. The molecule has 0 aliphatic heterocycles. The molecule has 0 bridgehead atoms. The molecule has 5 heteroatoms. The van der Waals surface area contributed by atoms with E-state index in [2.05, 4.69) is 4.74 Å². The van der Waals surface area contributed by atoms with Crippen molar-refractivity contribution in [2.75, 3.05) is 6.73 Å². The highest BCUT2D eigenvalue weighted by molar-refractivity contribution is 6.30. The highest BCUT2D eigenvalue weighted by Crippen LogP contribution is 2.10. The molecule has 0 heterocycles. The van der Waals surface area contributed by atoms with Gasteiger partial charge in [-0.05, 0) is 17.7 Å². The number of halogens is 2. The molecule has 0 spiro atoms. The minimum absolute atomic E-state index is 0. The molecule has 1 rings (SSSR count). The number of esters is 1. The summed E-state index contributed by atoms with van der Waals surface area (Å²) in [5.74, 6) is -0.329. The van der Waals surface area contributed by atoms with Gasteiger partial charge in [-0.2, -0.15) is 0 Å². The summed E-state index contributed by atoms with van der Waals surface area (Å²) in [5, 5.41) is 0.649. The molecule has 1 aromatic rings. The zero-order chi connectivity index (χ0) is 9.68. The van der Waals surface area contributed by atoms with E-state index in [-0.39, 0.29) is 31.5 Å². The normalized spacial score (nSPS) is 9.00. The second kappa shape index (κ2) is 6.65. The van der Waals surface area contributed by atoms with Gasteiger partial charge in [-0.25, -0.2) is 0 Å². The molecule has 0 unspecified atom stereocenters. The first-order valence-corrected chi connectivity index (χ1v) is 4.20. The van der Waals surface area contributed by atoms with Gasteiger partial charge in [0.25, 0.3) is 0 Å². The van der Waals surface area contributed by atoms with Crippen LogP contribution in [0.2, 0.25) is 5.02 Å². The van der Waals surface area contributed by atoms with Crippen LogP contribution >= 0.6 is 24.0 Å². The first-order valence-electron chi connectivity index (χ1n) is 3.82. The number of carbonyl (C=O) groups excluding carboxylic acids is 1. The van der Waals surface area contributed by atoms with Gasteiger partial charge in [-0.3, -0.25) is 10.5 Å². The van der Waals surface area contributed by atoms with Gasteiger partial charge in [0, 0.05) is 5.02 Å². The van der Waals surface area contributed by atoms with Crippen LogP contribution < -0.4 is 5.73 Å². The maximum atomic E-state index is 11.0. The van der Waals surface area contributed by atoms with Gasteiger partial charge in [0.2, 0.25) is 0 Å². The molecule has 3 nitrogen and oxygen atoms in total. The van der Waals surface area contributed by atoms with Crippen molar-refractivity contribution in [3.63, 3.8) is 0 Å². The minimum Gasteiger partial charge on any atom is -0.450 e. The molecule has 0 saturated carbocycles. The van der Waals surface area contributed by atoms with Gasteiger partial charge >= 0.3 is 5.97 Å². The average molecular weight is 236 g/mol. The van der Waals surface area contributed by atoms with Crippen LogP contribution in [0.5, 0.6) is 0 Å². The van der Waals surface area contributed by atoms with E-state index < -0.39 is 0 Å². The Morgan fingerprint density at radius 3 is 2.43 bits per heavy atom. The molecular weight excluding hydrogens is 225 g/mol. The number of benzene rings is 1. The van der Waals surface area contributed by atoms with Crippen molar-refractivity contribution in [3.05, 3.63) is 34.9 Å². The van der Waals surface area contributed by atoms with Gasteiger partial charge in [0.05, 0.1) is 6.42 Å². The molecule has 0 aliphatic rings. The number of ether oxygens (including phenoxy) is 1. The summed E-state index contributed by atoms with van der Waals surface area (Å²) >= 11 is 5.67. The quantitative estimate of drug-likeness (QED) is 0.642. The molecule has 0 aromatic heterocycles. The predicted octanol–water partition coefficient (Wildman–Crippen LogP) is 1.76. The molecule has 0 fully saturated rings. The van der Waals surface area contributed by atoms with Crippen LogP contribution in [0.25, 0.3) is 0 Å². The van der Waals surface area contributed by atoms with Crippen molar-refractivity contribution in [2.24, 2.45) is 5.73 Å². The van der Waals surface area contributed by atoms with E-state index >= 15 is 0 Å². The monoisotopic (exact) mass is 235 g/mol. The molecule has 2 N–H and O–H groups in total. The first-order chi connectivity index (χ1) is 6.22. The van der Waals surface area contributed by atoms with Crippen LogP contribution in [-0.2, 0) is 16.0 Å². The van der Waals surface area contributed by atoms with E-state index in [0.29, 0.717) is 5.02 Å². The number of hydrogen-bond donors (Lipinski definition) is 1. The third-order valence-electron chi connectivity index (χ3n) is 1.51. The average Bonchev–Trinajstić information content (AvgIpc) is 2.09. The van der Waals surface area contributed by atoms with Crippen LogP contribution in [0.3, 0.4) is 0 Å². The van der Waals surface area contributed by atoms with Gasteiger partial charge in [-0.15, -0.1) is 12.4 Å². The molecule has 0 atom stereocenters. The fourth-order valence-electron chi connectivity index (χ4n) is 0.913. The highest BCUT2D eigenvalue weighted by atomic mass is 35.5. The summed E-state index contributed by atoms with van der Waals surface area (Å²) in [7, 11) is 0. The van der Waals surface area contributed by atoms with E-state index in [4.69, 9.17) is 17.3 Å². The van der Waals surface area contributed by atoms with Crippen LogP contribution in [0.15, 0.2) is 24.3 Å². The van der Waals surface area contributed by atoms with Crippen molar-refractivity contribution in [3.8, 4) is 0 Å². The number of carbonyl (C=O) groups is 1. The lowest BCUT2D eigenvalue weighted by atomic mass is 10.2. The van der Waals surface area contributed by atoms with Crippen LogP contribution in [0, 0.1) is 0 Å². The molecule has 0 amide bonds. The smallest absolute Gasteiger partial charge is 0.311 e. The van der Waals surface area contributed by atoms with Gasteiger partial charge in [-0.1, -0.05) is 23.7 Å². The Kier molecular flexibility index (Phi) is 6.28. The molecule has 14 heavy (non-hydrogen) atoms. The summed E-state index contributed by atoms with van der Waals surface area (Å²) in [6.07, 6.45) is 0.231. The standard InChI is InChI=1S/C9H10ClNO2.ClH/c10-8-3-1-7(2-4-8)5-9(12)13-6-11;/h1-4H,5-6,11H2;1H. The van der Waals surface area contributed by atoms with Crippen LogP contribution in [-0.4, -0.2) is 12.7 Å². The molecule has 0 saturated heterocycles. The van der Waals surface area contributed by atoms with Gasteiger partial charge in [0.15, 0.2) is 0 Å². The Balaban J connectivity index is 0.00000169. The molecule has 1 aromatic carbocycles. The van der Waals surface area contributed by atoms with E-state index in [1.807, 2.05) is 0 Å². The van der Waals surface area contributed by atoms with E-state index in [9.17, 15) is 4.79 Å². The van der Waals surface area contributed by atoms with Crippen molar-refractivity contribution >= 4 is 30.0 Å². The molecule has 0 radical (unpaired) electrons. The summed E-state index contributed by atoms with van der Waals surface area (Å²) in [5.41, 5.74) is 5.91. The third kappa shape index (κ3) is 4.46. The lowest BCUT2D eigenvalue weighted by Gasteiger charge is -2.01. The Morgan fingerprint density at radius 1 is 1.36 bits per heavy atom. The van der Waals surface area contributed by atoms with Crippen molar-refractivity contribution < 1.29 is 9.53 Å². The predicted molar refractivity (Wildman–Crippen MR) is 57.6 cm³/mol. The SMILES string of the molecule is Cl.NCOC(=O)Cc1ccc(Cl)cc1. The number of nitrogens with two attached hydrogens (primary N) is 1. The molecule has 78 valence electrons. The van der Waals surface area contributed by atoms with Crippen molar-refractivity contribution in [2.45, 2.75) is 6.42 Å². The summed E-state index contributed by atoms with van der Waals surface area (Å²) < 4.78 is 4.58. The zero-order valence-electron chi connectivity index (χ0n) is 7.40. The largest absolute Gasteiger partial charge is 0.450 e. The Hall–Kier alpha value is -0.770.